The molecule has 0 amide bonds. The van der Waals surface area contributed by atoms with Crippen LogP contribution in [0, 0.1) is 0 Å². The summed E-state index contributed by atoms with van der Waals surface area (Å²) >= 11 is 0. The molecule has 0 aliphatic heterocycles. The van der Waals surface area contributed by atoms with Gasteiger partial charge in [-0.2, -0.15) is 0 Å². The smallest absolute Gasteiger partial charge is 0.268 e. The van der Waals surface area contributed by atoms with Crippen molar-refractivity contribution in [2.24, 2.45) is 0 Å². The van der Waals surface area contributed by atoms with Gasteiger partial charge in [0.25, 0.3) is 10.0 Å². The molecule has 0 spiro atoms. The number of benzene rings is 2. The molecule has 0 bridgehead atoms. The Balaban J connectivity index is 2.18. The Labute approximate surface area is 157 Å². The molecule has 27 heavy (non-hydrogen) atoms. The molecule has 2 aromatic carbocycles. The van der Waals surface area contributed by atoms with E-state index in [0.717, 1.165) is 0 Å². The van der Waals surface area contributed by atoms with E-state index in [4.69, 9.17) is 0 Å². The number of nitrogens with zero attached hydrogens (tertiary/aromatic N) is 2. The first kappa shape index (κ1) is 17.5. The molecular formula is C21H18N2O3S. The maximum Gasteiger partial charge on any atom is 0.268 e. The van der Waals surface area contributed by atoms with E-state index in [9.17, 15) is 13.5 Å². The molecule has 1 unspecified atom stereocenters. The van der Waals surface area contributed by atoms with Crippen molar-refractivity contribution in [3.8, 4) is 11.4 Å². The van der Waals surface area contributed by atoms with Gasteiger partial charge in [0.1, 0.15) is 0 Å². The molecule has 2 aromatic heterocycles. The minimum Gasteiger partial charge on any atom is -0.389 e. The lowest BCUT2D eigenvalue weighted by atomic mass is 10.0. The third-order valence-corrected chi connectivity index (χ3v) is 6.21. The van der Waals surface area contributed by atoms with E-state index < -0.39 is 16.1 Å². The van der Waals surface area contributed by atoms with Crippen LogP contribution in [-0.4, -0.2) is 22.5 Å². The van der Waals surface area contributed by atoms with Gasteiger partial charge in [-0.05, 0) is 37.3 Å². The number of rotatable bonds is 4. The molecule has 136 valence electrons. The number of para-hydroxylation sites is 1. The van der Waals surface area contributed by atoms with Crippen LogP contribution in [0.5, 0.6) is 0 Å². The Morgan fingerprint density at radius 2 is 1.59 bits per heavy atom. The molecule has 1 N–H and O–H groups in total. The molecular weight excluding hydrogens is 360 g/mol. The summed E-state index contributed by atoms with van der Waals surface area (Å²) in [4.78, 5) is 4.54. The zero-order chi connectivity index (χ0) is 19.0. The monoisotopic (exact) mass is 378 g/mol. The summed E-state index contributed by atoms with van der Waals surface area (Å²) in [5.74, 6) is 0. The van der Waals surface area contributed by atoms with Crippen molar-refractivity contribution < 1.29 is 13.5 Å². The predicted molar refractivity (Wildman–Crippen MR) is 105 cm³/mol. The highest BCUT2D eigenvalue weighted by molar-refractivity contribution is 7.90. The molecule has 5 nitrogen and oxygen atoms in total. The van der Waals surface area contributed by atoms with E-state index >= 15 is 0 Å². The van der Waals surface area contributed by atoms with Gasteiger partial charge >= 0.3 is 0 Å². The Bertz CT molecular complexity index is 1200. The molecule has 0 radical (unpaired) electrons. The van der Waals surface area contributed by atoms with E-state index in [2.05, 4.69) is 4.98 Å². The summed E-state index contributed by atoms with van der Waals surface area (Å²) in [6.45, 7) is 1.63. The van der Waals surface area contributed by atoms with Gasteiger partial charge in [0.15, 0.2) is 0 Å². The summed E-state index contributed by atoms with van der Waals surface area (Å²) in [7, 11) is -3.89. The molecule has 4 rings (SSSR count). The normalized spacial score (nSPS) is 13.0. The second kappa shape index (κ2) is 6.64. The van der Waals surface area contributed by atoms with E-state index in [1.165, 1.54) is 3.97 Å². The van der Waals surface area contributed by atoms with Gasteiger partial charge in [-0.25, -0.2) is 12.4 Å². The highest BCUT2D eigenvalue weighted by Crippen LogP contribution is 2.39. The third-order valence-electron chi connectivity index (χ3n) is 4.48. The Morgan fingerprint density at radius 1 is 0.926 bits per heavy atom. The maximum atomic E-state index is 13.5. The fourth-order valence-electron chi connectivity index (χ4n) is 3.35. The van der Waals surface area contributed by atoms with Gasteiger partial charge in [0.2, 0.25) is 0 Å². The number of aliphatic hydroxyl groups is 1. The lowest BCUT2D eigenvalue weighted by Gasteiger charge is -2.14. The van der Waals surface area contributed by atoms with Crippen molar-refractivity contribution in [2.75, 3.05) is 0 Å². The number of hydrogen-bond donors (Lipinski definition) is 1. The van der Waals surface area contributed by atoms with Gasteiger partial charge in [-0.1, -0.05) is 42.5 Å². The van der Waals surface area contributed by atoms with Crippen molar-refractivity contribution >= 4 is 20.9 Å². The fraction of sp³-hybridized carbons (Fsp3) is 0.0952. The van der Waals surface area contributed by atoms with Crippen LogP contribution in [0.2, 0.25) is 0 Å². The summed E-state index contributed by atoms with van der Waals surface area (Å²) in [6.07, 6.45) is 0.748. The standard InChI is InChI=1S/C21H18N2O3S/c1-15(24)20-17-11-5-6-13-19(17)23(21(20)18-12-7-8-14-22-18)27(25,26)16-9-3-2-4-10-16/h2-15,24H,1H3. The molecule has 0 saturated heterocycles. The maximum absolute atomic E-state index is 13.5. The second-order valence-electron chi connectivity index (χ2n) is 6.25. The second-order valence-corrected chi connectivity index (χ2v) is 8.04. The molecule has 6 heteroatoms. The fourth-order valence-corrected chi connectivity index (χ4v) is 4.91. The number of aromatic nitrogens is 2. The predicted octanol–water partition coefficient (Wildman–Crippen LogP) is 3.99. The van der Waals surface area contributed by atoms with Crippen molar-refractivity contribution in [3.63, 3.8) is 0 Å². The Hall–Kier alpha value is -2.96. The highest BCUT2D eigenvalue weighted by atomic mass is 32.2. The quantitative estimate of drug-likeness (QED) is 0.583. The lowest BCUT2D eigenvalue weighted by molar-refractivity contribution is 0.201. The average Bonchev–Trinajstić information content (AvgIpc) is 3.05. The van der Waals surface area contributed by atoms with Crippen molar-refractivity contribution in [2.45, 2.75) is 17.9 Å². The summed E-state index contributed by atoms with van der Waals surface area (Å²) < 4.78 is 28.4. The van der Waals surface area contributed by atoms with E-state index in [-0.39, 0.29) is 4.90 Å². The average molecular weight is 378 g/mol. The summed E-state index contributed by atoms with van der Waals surface area (Å²) in [5, 5.41) is 11.2. The molecule has 1 atom stereocenters. The van der Waals surface area contributed by atoms with Gasteiger partial charge < -0.3 is 5.11 Å². The number of hydrogen-bond acceptors (Lipinski definition) is 4. The zero-order valence-corrected chi connectivity index (χ0v) is 15.5. The number of pyridine rings is 1. The van der Waals surface area contributed by atoms with E-state index in [0.29, 0.717) is 27.9 Å². The third kappa shape index (κ3) is 2.83. The van der Waals surface area contributed by atoms with E-state index in [1.54, 1.807) is 73.8 Å². The zero-order valence-electron chi connectivity index (χ0n) is 14.6. The van der Waals surface area contributed by atoms with Crippen LogP contribution in [-0.2, 0) is 10.0 Å². The van der Waals surface area contributed by atoms with Crippen LogP contribution in [0.3, 0.4) is 0 Å². The van der Waals surface area contributed by atoms with Crippen LogP contribution >= 0.6 is 0 Å². The largest absolute Gasteiger partial charge is 0.389 e. The van der Waals surface area contributed by atoms with Gasteiger partial charge in [0.05, 0.1) is 27.9 Å². The van der Waals surface area contributed by atoms with Crippen molar-refractivity contribution in [1.29, 1.82) is 0 Å². The van der Waals surface area contributed by atoms with Crippen LogP contribution in [0.15, 0.2) is 83.9 Å². The van der Waals surface area contributed by atoms with Crippen molar-refractivity contribution in [3.05, 3.63) is 84.6 Å². The minimum atomic E-state index is -3.89. The van der Waals surface area contributed by atoms with Crippen LogP contribution in [0.1, 0.15) is 18.6 Å². The summed E-state index contributed by atoms with van der Waals surface area (Å²) in [5.41, 5.74) is 1.93. The van der Waals surface area contributed by atoms with Gasteiger partial charge in [-0.15, -0.1) is 0 Å². The molecule has 0 saturated carbocycles. The summed E-state index contributed by atoms with van der Waals surface area (Å²) in [6, 6.07) is 20.8. The lowest BCUT2D eigenvalue weighted by Crippen LogP contribution is -2.15. The first-order chi connectivity index (χ1) is 13.0. The SMILES string of the molecule is CC(O)c1c(-c2ccccn2)n(S(=O)(=O)c2ccccc2)c2ccccc12. The van der Waals surface area contributed by atoms with Crippen LogP contribution in [0.25, 0.3) is 22.3 Å². The van der Waals surface area contributed by atoms with Crippen LogP contribution in [0.4, 0.5) is 0 Å². The van der Waals surface area contributed by atoms with Gasteiger partial charge in [0, 0.05) is 17.1 Å². The van der Waals surface area contributed by atoms with E-state index in [1.807, 2.05) is 12.1 Å². The first-order valence-electron chi connectivity index (χ1n) is 8.55. The Kier molecular flexibility index (Phi) is 4.30. The number of fused-ring (bicyclic) bond motifs is 1. The van der Waals surface area contributed by atoms with Gasteiger partial charge in [-0.3, -0.25) is 4.98 Å². The first-order valence-corrected chi connectivity index (χ1v) is 9.99. The molecule has 0 aliphatic rings. The number of aliphatic hydroxyl groups excluding tert-OH is 1. The molecule has 2 heterocycles. The topological polar surface area (TPSA) is 72.2 Å². The highest BCUT2D eigenvalue weighted by Gasteiger charge is 2.29. The molecule has 0 aliphatic carbocycles. The Morgan fingerprint density at radius 3 is 2.26 bits per heavy atom. The minimum absolute atomic E-state index is 0.181. The molecule has 4 aromatic rings. The van der Waals surface area contributed by atoms with Crippen molar-refractivity contribution in [1.82, 2.24) is 8.96 Å². The van der Waals surface area contributed by atoms with Crippen LogP contribution < -0.4 is 0 Å². The molecule has 0 fully saturated rings.